The minimum absolute atomic E-state index is 0.376. The van der Waals surface area contributed by atoms with Gasteiger partial charge in [-0.1, -0.05) is 31.9 Å². The Hall–Kier alpha value is -2.28. The van der Waals surface area contributed by atoms with Crippen LogP contribution in [-0.4, -0.2) is 33.2 Å². The average molecular weight is 432 g/mol. The van der Waals surface area contributed by atoms with E-state index in [2.05, 4.69) is 17.6 Å². The Kier molecular flexibility index (Phi) is 7.58. The maximum atomic E-state index is 11.8. The fraction of sp³-hybridized carbons (Fsp3) is 0.522. The molecule has 0 radical (unpaired) electrons. The van der Waals surface area contributed by atoms with Crippen LogP contribution in [-0.2, 0) is 22.8 Å². The second kappa shape index (κ2) is 10.2. The minimum Gasteiger partial charge on any atom is -0.469 e. The summed E-state index contributed by atoms with van der Waals surface area (Å²) in [5, 5.41) is 7.05. The summed E-state index contributed by atoms with van der Waals surface area (Å²) in [6.07, 6.45) is 8.65. The van der Waals surface area contributed by atoms with Crippen LogP contribution in [0.15, 0.2) is 50.9 Å². The van der Waals surface area contributed by atoms with E-state index in [1.165, 1.54) is 25.5 Å². The normalized spacial score (nSPS) is 20.2. The Balaban J connectivity index is 1.69. The lowest BCUT2D eigenvalue weighted by Crippen LogP contribution is -2.47. The Morgan fingerprint density at radius 3 is 2.70 bits per heavy atom. The summed E-state index contributed by atoms with van der Waals surface area (Å²) in [5.74, 6) is 2.36. The molecule has 1 heterocycles. The molecule has 1 aliphatic carbocycles. The van der Waals surface area contributed by atoms with Gasteiger partial charge in [-0.25, -0.2) is 13.4 Å². The van der Waals surface area contributed by atoms with E-state index in [0.29, 0.717) is 23.4 Å². The highest BCUT2D eigenvalue weighted by Crippen LogP contribution is 2.23. The monoisotopic (exact) mass is 431 g/mol. The highest BCUT2D eigenvalue weighted by atomic mass is 32.2. The number of hydrogen-bond acceptors (Lipinski definition) is 4. The van der Waals surface area contributed by atoms with Crippen molar-refractivity contribution in [2.24, 2.45) is 10.9 Å². The molecule has 0 aliphatic heterocycles. The lowest BCUT2D eigenvalue weighted by Gasteiger charge is -2.31. The molecule has 0 saturated heterocycles. The molecular weight excluding hydrogens is 398 g/mol. The number of rotatable bonds is 7. The predicted octanol–water partition coefficient (Wildman–Crippen LogP) is 3.85. The van der Waals surface area contributed by atoms with E-state index in [1.807, 2.05) is 31.2 Å². The first-order valence-electron chi connectivity index (χ1n) is 10.7. The molecule has 1 aliphatic rings. The number of guanidine groups is 1. The van der Waals surface area contributed by atoms with Crippen molar-refractivity contribution < 1.29 is 12.8 Å². The summed E-state index contributed by atoms with van der Waals surface area (Å²) in [6.45, 7) is 5.34. The van der Waals surface area contributed by atoms with Crippen molar-refractivity contribution in [3.05, 3.63) is 53.5 Å². The van der Waals surface area contributed by atoms with Crippen LogP contribution < -0.4 is 10.6 Å². The maximum absolute atomic E-state index is 11.8. The van der Waals surface area contributed by atoms with Gasteiger partial charge in [-0.05, 0) is 55.0 Å². The van der Waals surface area contributed by atoms with Crippen LogP contribution >= 0.6 is 0 Å². The highest BCUT2D eigenvalue weighted by Gasteiger charge is 2.22. The fourth-order valence-electron chi connectivity index (χ4n) is 4.01. The van der Waals surface area contributed by atoms with Gasteiger partial charge in [-0.2, -0.15) is 0 Å². The van der Waals surface area contributed by atoms with Gasteiger partial charge in [0, 0.05) is 25.3 Å². The predicted molar refractivity (Wildman–Crippen MR) is 120 cm³/mol. The molecule has 2 atom stereocenters. The van der Waals surface area contributed by atoms with Crippen molar-refractivity contribution in [2.75, 3.05) is 12.8 Å². The van der Waals surface area contributed by atoms with Crippen molar-refractivity contribution in [3.63, 3.8) is 0 Å². The number of hydrogen-bond donors (Lipinski definition) is 2. The van der Waals surface area contributed by atoms with Crippen LogP contribution in [0.5, 0.6) is 0 Å². The third-order valence-electron chi connectivity index (χ3n) is 5.74. The SMILES string of the molecule is Cc1cc(CN=C(NCCc2ccco2)NC2CCCCC2C)ccc1S(C)(=O)=O. The summed E-state index contributed by atoms with van der Waals surface area (Å²) >= 11 is 0. The van der Waals surface area contributed by atoms with Crippen molar-refractivity contribution in [2.45, 2.75) is 63.4 Å². The van der Waals surface area contributed by atoms with Gasteiger partial charge < -0.3 is 15.1 Å². The molecule has 1 aromatic carbocycles. The molecule has 3 rings (SSSR count). The van der Waals surface area contributed by atoms with Crippen molar-refractivity contribution >= 4 is 15.8 Å². The molecule has 164 valence electrons. The molecule has 30 heavy (non-hydrogen) atoms. The van der Waals surface area contributed by atoms with Crippen LogP contribution in [0, 0.1) is 12.8 Å². The number of nitrogens with zero attached hydrogens (tertiary/aromatic N) is 1. The second-order valence-electron chi connectivity index (χ2n) is 8.31. The zero-order chi connectivity index (χ0) is 21.6. The zero-order valence-electron chi connectivity index (χ0n) is 18.1. The molecule has 2 aromatic rings. The number of sulfone groups is 1. The first-order chi connectivity index (χ1) is 14.3. The quantitative estimate of drug-likeness (QED) is 0.514. The Morgan fingerprint density at radius 2 is 2.03 bits per heavy atom. The molecule has 6 nitrogen and oxygen atoms in total. The van der Waals surface area contributed by atoms with Crippen LogP contribution in [0.1, 0.15) is 49.5 Å². The van der Waals surface area contributed by atoms with Crippen LogP contribution in [0.4, 0.5) is 0 Å². The van der Waals surface area contributed by atoms with E-state index in [1.54, 1.807) is 12.3 Å². The maximum Gasteiger partial charge on any atom is 0.191 e. The van der Waals surface area contributed by atoms with Crippen LogP contribution in [0.2, 0.25) is 0 Å². The fourth-order valence-corrected chi connectivity index (χ4v) is 4.97. The van der Waals surface area contributed by atoms with Crippen molar-refractivity contribution in [3.8, 4) is 0 Å². The Labute approximate surface area is 180 Å². The molecule has 1 fully saturated rings. The third kappa shape index (κ3) is 6.36. The number of benzene rings is 1. The summed E-state index contributed by atoms with van der Waals surface area (Å²) in [5.41, 5.74) is 1.75. The van der Waals surface area contributed by atoms with Gasteiger partial charge in [-0.3, -0.25) is 0 Å². The lowest BCUT2D eigenvalue weighted by atomic mass is 9.86. The summed E-state index contributed by atoms with van der Waals surface area (Å²) in [6, 6.07) is 9.72. The lowest BCUT2D eigenvalue weighted by molar-refractivity contribution is 0.306. The average Bonchev–Trinajstić information content (AvgIpc) is 3.20. The van der Waals surface area contributed by atoms with Crippen molar-refractivity contribution in [1.29, 1.82) is 0 Å². The highest BCUT2D eigenvalue weighted by molar-refractivity contribution is 7.90. The van der Waals surface area contributed by atoms with E-state index in [4.69, 9.17) is 9.41 Å². The molecule has 0 amide bonds. The van der Waals surface area contributed by atoms with E-state index in [9.17, 15) is 8.42 Å². The first-order valence-corrected chi connectivity index (χ1v) is 12.6. The Bertz CT molecular complexity index is 952. The summed E-state index contributed by atoms with van der Waals surface area (Å²) in [7, 11) is -3.21. The molecule has 7 heteroatoms. The van der Waals surface area contributed by atoms with E-state index >= 15 is 0 Å². The summed E-state index contributed by atoms with van der Waals surface area (Å²) in [4.78, 5) is 5.16. The van der Waals surface area contributed by atoms with Gasteiger partial charge in [0.15, 0.2) is 15.8 Å². The molecule has 0 bridgehead atoms. The third-order valence-corrected chi connectivity index (χ3v) is 6.99. The summed E-state index contributed by atoms with van der Waals surface area (Å²) < 4.78 is 29.1. The Morgan fingerprint density at radius 1 is 1.23 bits per heavy atom. The van der Waals surface area contributed by atoms with E-state index in [-0.39, 0.29) is 0 Å². The molecule has 1 aromatic heterocycles. The standard InChI is InChI=1S/C23H33N3O3S/c1-17-7-4-5-9-21(17)26-23(24-13-12-20-8-6-14-29-20)25-16-19-10-11-22(18(2)15-19)30(3,27)28/h6,8,10-11,14-15,17,21H,4-5,7,9,12-13,16H2,1-3H3,(H2,24,25,26). The van der Waals surface area contributed by atoms with Crippen LogP contribution in [0.3, 0.4) is 0 Å². The van der Waals surface area contributed by atoms with Crippen molar-refractivity contribution in [1.82, 2.24) is 10.6 Å². The molecule has 1 saturated carbocycles. The number of furan rings is 1. The van der Waals surface area contributed by atoms with Gasteiger partial charge in [0.2, 0.25) is 0 Å². The molecule has 2 N–H and O–H groups in total. The number of aryl methyl sites for hydroxylation is 1. The van der Waals surface area contributed by atoms with E-state index < -0.39 is 9.84 Å². The largest absolute Gasteiger partial charge is 0.469 e. The second-order valence-corrected chi connectivity index (χ2v) is 10.3. The topological polar surface area (TPSA) is 83.7 Å². The number of aliphatic imine (C=N–C) groups is 1. The molecular formula is C23H33N3O3S. The van der Waals surface area contributed by atoms with Gasteiger partial charge >= 0.3 is 0 Å². The zero-order valence-corrected chi connectivity index (χ0v) is 19.0. The first kappa shape index (κ1) is 22.4. The minimum atomic E-state index is -3.21. The van der Waals surface area contributed by atoms with Gasteiger partial charge in [0.25, 0.3) is 0 Å². The number of nitrogens with one attached hydrogen (secondary N) is 2. The molecule has 2 unspecified atom stereocenters. The molecule has 0 spiro atoms. The van der Waals surface area contributed by atoms with E-state index in [0.717, 1.165) is 42.2 Å². The van der Waals surface area contributed by atoms with Crippen LogP contribution in [0.25, 0.3) is 0 Å². The van der Waals surface area contributed by atoms with Gasteiger partial charge in [-0.15, -0.1) is 0 Å². The van der Waals surface area contributed by atoms with Gasteiger partial charge in [0.1, 0.15) is 5.76 Å². The smallest absolute Gasteiger partial charge is 0.191 e. The van der Waals surface area contributed by atoms with Gasteiger partial charge in [0.05, 0.1) is 17.7 Å².